The predicted molar refractivity (Wildman–Crippen MR) is 91.6 cm³/mol. The number of thiol groups is 1. The molecular weight excluding hydrogens is 360 g/mol. The standard InChI is InChI=1S/C10H17N3O6S.C2H5NS/c11-5(10(18)19)1-2-7(14)13-6(4-20)9(17)12-3-8(15)16;1-2-3-4/h5-6,20H,1-4,11H2,(H,12,17)(H,13,14)(H,15,16)(H,18,19);2H2,1H3. The van der Waals surface area contributed by atoms with Crippen molar-refractivity contribution in [1.82, 2.24) is 10.6 Å². The summed E-state index contributed by atoms with van der Waals surface area (Å²) in [5.74, 6) is -3.70. The van der Waals surface area contributed by atoms with E-state index in [0.717, 1.165) is 6.54 Å². The summed E-state index contributed by atoms with van der Waals surface area (Å²) in [4.78, 5) is 43.7. The fourth-order valence-electron chi connectivity index (χ4n) is 1.16. The van der Waals surface area contributed by atoms with Gasteiger partial charge in [-0.25, -0.2) is 4.36 Å². The number of carbonyl (C=O) groups excluding carboxylic acids is 2. The quantitative estimate of drug-likeness (QED) is 0.249. The molecule has 0 heterocycles. The van der Waals surface area contributed by atoms with Gasteiger partial charge in [-0.2, -0.15) is 12.6 Å². The van der Waals surface area contributed by atoms with E-state index in [-0.39, 0.29) is 18.6 Å². The molecule has 0 aromatic heterocycles. The van der Waals surface area contributed by atoms with Gasteiger partial charge in [-0.05, 0) is 13.3 Å². The van der Waals surface area contributed by atoms with Crippen LogP contribution in [-0.2, 0) is 31.6 Å². The van der Waals surface area contributed by atoms with Crippen LogP contribution < -0.4 is 16.4 Å². The van der Waals surface area contributed by atoms with Crippen molar-refractivity contribution in [3.63, 3.8) is 0 Å². The lowest BCUT2D eigenvalue weighted by atomic mass is 10.1. The molecule has 0 radical (unpaired) electrons. The lowest BCUT2D eigenvalue weighted by molar-refractivity contribution is -0.139. The molecule has 0 fully saturated rings. The number of hydrogen-bond acceptors (Lipinski definition) is 8. The predicted octanol–water partition coefficient (Wildman–Crippen LogP) is -1.47. The summed E-state index contributed by atoms with van der Waals surface area (Å²) in [6, 6.07) is -2.15. The van der Waals surface area contributed by atoms with Crippen LogP contribution in [0.1, 0.15) is 19.8 Å². The minimum atomic E-state index is -1.22. The molecule has 0 saturated carbocycles. The van der Waals surface area contributed by atoms with Gasteiger partial charge in [0, 0.05) is 31.1 Å². The highest BCUT2D eigenvalue weighted by Gasteiger charge is 2.20. The zero-order valence-corrected chi connectivity index (χ0v) is 14.8. The number of nitrogens with zero attached hydrogens (tertiary/aromatic N) is 1. The lowest BCUT2D eigenvalue weighted by Gasteiger charge is -2.16. The van der Waals surface area contributed by atoms with Crippen molar-refractivity contribution in [1.29, 1.82) is 0 Å². The minimum absolute atomic E-state index is 0.0256. The average molecular weight is 382 g/mol. The van der Waals surface area contributed by atoms with E-state index >= 15 is 0 Å². The monoisotopic (exact) mass is 382 g/mol. The molecule has 0 aliphatic heterocycles. The van der Waals surface area contributed by atoms with Crippen LogP contribution in [0.5, 0.6) is 0 Å². The van der Waals surface area contributed by atoms with Gasteiger partial charge in [-0.1, -0.05) is 0 Å². The maximum Gasteiger partial charge on any atom is 0.322 e. The number of carboxylic acids is 2. The first kappa shape index (κ1) is 24.5. The van der Waals surface area contributed by atoms with E-state index in [1.807, 2.05) is 6.92 Å². The molecular formula is C12H22N4O6S2. The third kappa shape index (κ3) is 13.8. The highest BCUT2D eigenvalue weighted by Crippen LogP contribution is 1.97. The summed E-state index contributed by atoms with van der Waals surface area (Å²) < 4.78 is 3.32. The van der Waals surface area contributed by atoms with Gasteiger partial charge >= 0.3 is 11.9 Å². The smallest absolute Gasteiger partial charge is 0.322 e. The van der Waals surface area contributed by atoms with Crippen LogP contribution in [0.2, 0.25) is 0 Å². The second-order valence-electron chi connectivity index (χ2n) is 4.34. The first-order valence-corrected chi connectivity index (χ1v) is 7.86. The Bertz CT molecular complexity index is 449. The zero-order valence-electron chi connectivity index (χ0n) is 13.1. The molecule has 0 aromatic carbocycles. The van der Waals surface area contributed by atoms with Gasteiger partial charge in [0.15, 0.2) is 0 Å². The molecule has 138 valence electrons. The molecule has 2 atom stereocenters. The third-order valence-electron chi connectivity index (χ3n) is 2.38. The van der Waals surface area contributed by atoms with Gasteiger partial charge in [0.2, 0.25) is 11.8 Å². The number of aliphatic carboxylic acids is 2. The first-order chi connectivity index (χ1) is 11.2. The second kappa shape index (κ2) is 14.8. The Morgan fingerprint density at radius 1 is 1.29 bits per heavy atom. The molecule has 0 aromatic rings. The molecule has 12 heteroatoms. The number of nitrogens with one attached hydrogen (secondary N) is 2. The van der Waals surface area contributed by atoms with Crippen LogP contribution in [0.15, 0.2) is 4.36 Å². The number of rotatable bonds is 10. The van der Waals surface area contributed by atoms with E-state index in [0.29, 0.717) is 0 Å². The molecule has 0 bridgehead atoms. The summed E-state index contributed by atoms with van der Waals surface area (Å²) in [6.45, 7) is 2.10. The Balaban J connectivity index is 0. The largest absolute Gasteiger partial charge is 0.480 e. The molecule has 0 spiro atoms. The SMILES string of the molecule is CCN=S.NC(CCC(=O)NC(CS)C(=O)NCC(=O)O)C(=O)O. The lowest BCUT2D eigenvalue weighted by Crippen LogP contribution is -2.49. The van der Waals surface area contributed by atoms with Crippen molar-refractivity contribution >= 4 is 48.8 Å². The van der Waals surface area contributed by atoms with Crippen molar-refractivity contribution in [3.8, 4) is 0 Å². The van der Waals surface area contributed by atoms with Crippen LogP contribution in [0.4, 0.5) is 0 Å². The molecule has 0 saturated heterocycles. The van der Waals surface area contributed by atoms with Crippen molar-refractivity contribution in [2.24, 2.45) is 10.1 Å². The van der Waals surface area contributed by atoms with Gasteiger partial charge in [-0.15, -0.1) is 0 Å². The summed E-state index contributed by atoms with van der Waals surface area (Å²) >= 11 is 8.05. The molecule has 10 nitrogen and oxygen atoms in total. The van der Waals surface area contributed by atoms with E-state index in [4.69, 9.17) is 15.9 Å². The van der Waals surface area contributed by atoms with Crippen molar-refractivity contribution < 1.29 is 29.4 Å². The van der Waals surface area contributed by atoms with Gasteiger partial charge in [0.25, 0.3) is 0 Å². The fourth-order valence-corrected chi connectivity index (χ4v) is 1.41. The van der Waals surface area contributed by atoms with Crippen molar-refractivity contribution in [2.75, 3.05) is 18.8 Å². The second-order valence-corrected chi connectivity index (χ2v) is 4.97. The van der Waals surface area contributed by atoms with E-state index in [9.17, 15) is 19.2 Å². The Morgan fingerprint density at radius 2 is 1.83 bits per heavy atom. The van der Waals surface area contributed by atoms with Crippen LogP contribution >= 0.6 is 12.6 Å². The topological polar surface area (TPSA) is 171 Å². The van der Waals surface area contributed by atoms with Gasteiger partial charge in [0.05, 0.1) is 0 Å². The number of carbonyl (C=O) groups is 4. The minimum Gasteiger partial charge on any atom is -0.480 e. The van der Waals surface area contributed by atoms with Crippen LogP contribution in [-0.4, -0.2) is 64.9 Å². The Hall–Kier alpha value is -1.79. The van der Waals surface area contributed by atoms with Gasteiger partial charge in [-0.3, -0.25) is 19.2 Å². The fraction of sp³-hybridized carbons (Fsp3) is 0.667. The van der Waals surface area contributed by atoms with Crippen LogP contribution in [0.25, 0.3) is 0 Å². The zero-order chi connectivity index (χ0) is 19.1. The van der Waals surface area contributed by atoms with E-state index in [1.54, 1.807) is 0 Å². The van der Waals surface area contributed by atoms with Gasteiger partial charge in [0.1, 0.15) is 18.6 Å². The third-order valence-corrected chi connectivity index (χ3v) is 3.00. The molecule has 2 amide bonds. The summed E-state index contributed by atoms with van der Waals surface area (Å²) in [5, 5.41) is 21.4. The highest BCUT2D eigenvalue weighted by atomic mass is 32.1. The molecule has 6 N–H and O–H groups in total. The van der Waals surface area contributed by atoms with Crippen LogP contribution in [0.3, 0.4) is 0 Å². The van der Waals surface area contributed by atoms with Crippen molar-refractivity contribution in [2.45, 2.75) is 31.8 Å². The molecule has 0 rings (SSSR count). The molecule has 0 aliphatic carbocycles. The summed E-state index contributed by atoms with van der Waals surface area (Å²) in [7, 11) is 0. The van der Waals surface area contributed by atoms with Crippen molar-refractivity contribution in [3.05, 3.63) is 0 Å². The molecule has 2 unspecified atom stereocenters. The number of amides is 2. The highest BCUT2D eigenvalue weighted by molar-refractivity contribution is 7.80. The number of hydrogen-bond donors (Lipinski definition) is 6. The number of nitrogens with two attached hydrogens (primary N) is 1. The Morgan fingerprint density at radius 3 is 2.21 bits per heavy atom. The average Bonchev–Trinajstić information content (AvgIpc) is 2.55. The Kier molecular flexibility index (Phi) is 15.1. The maximum atomic E-state index is 11.5. The summed E-state index contributed by atoms with van der Waals surface area (Å²) in [6.07, 6.45) is -0.235. The Labute approximate surface area is 150 Å². The van der Waals surface area contributed by atoms with E-state index < -0.39 is 42.4 Å². The molecule has 0 aliphatic rings. The van der Waals surface area contributed by atoms with E-state index in [2.05, 4.69) is 40.1 Å². The first-order valence-electron chi connectivity index (χ1n) is 6.86. The maximum absolute atomic E-state index is 11.5. The molecule has 24 heavy (non-hydrogen) atoms. The van der Waals surface area contributed by atoms with Gasteiger partial charge < -0.3 is 26.6 Å². The van der Waals surface area contributed by atoms with Crippen LogP contribution in [0, 0.1) is 0 Å². The number of carboxylic acid groups (broad SMARTS) is 2. The summed E-state index contributed by atoms with van der Waals surface area (Å²) in [5.41, 5.74) is 5.23. The van der Waals surface area contributed by atoms with E-state index in [1.165, 1.54) is 0 Å². The normalized spacial score (nSPS) is 12.0.